The average molecular weight is 324 g/mol. The number of rotatable bonds is 4. The Kier molecular flexibility index (Phi) is 4.19. The fourth-order valence-corrected chi connectivity index (χ4v) is 2.54. The van der Waals surface area contributed by atoms with E-state index < -0.39 is 0 Å². The molecule has 0 aliphatic heterocycles. The topological polar surface area (TPSA) is 69.6 Å². The largest absolute Gasteiger partial charge is 0.383 e. The standard InChI is InChI=1S/C13H18BrN5/c1-4-5-19-7-16-6-9(19)13-17-11(8(2)3)10(14)12(15)18-13/h6-8H,4-5H2,1-3H3,(H2,15,17,18). The zero-order valence-electron chi connectivity index (χ0n) is 11.4. The first kappa shape index (κ1) is 14.0. The van der Waals surface area contributed by atoms with E-state index in [2.05, 4.69) is 51.7 Å². The van der Waals surface area contributed by atoms with Gasteiger partial charge in [0, 0.05) is 6.54 Å². The number of imidazole rings is 1. The van der Waals surface area contributed by atoms with Crippen molar-refractivity contribution in [3.63, 3.8) is 0 Å². The van der Waals surface area contributed by atoms with Crippen LogP contribution >= 0.6 is 15.9 Å². The van der Waals surface area contributed by atoms with Gasteiger partial charge in [-0.3, -0.25) is 0 Å². The highest BCUT2D eigenvalue weighted by Crippen LogP contribution is 2.29. The van der Waals surface area contributed by atoms with E-state index in [9.17, 15) is 0 Å². The van der Waals surface area contributed by atoms with Gasteiger partial charge in [0.2, 0.25) is 0 Å². The molecule has 0 spiro atoms. The Morgan fingerprint density at radius 2 is 2.11 bits per heavy atom. The summed E-state index contributed by atoms with van der Waals surface area (Å²) < 4.78 is 2.83. The van der Waals surface area contributed by atoms with Gasteiger partial charge in [-0.2, -0.15) is 0 Å². The maximum Gasteiger partial charge on any atom is 0.180 e. The summed E-state index contributed by atoms with van der Waals surface area (Å²) in [6.45, 7) is 7.19. The lowest BCUT2D eigenvalue weighted by Gasteiger charge is -2.12. The molecule has 5 nitrogen and oxygen atoms in total. The summed E-state index contributed by atoms with van der Waals surface area (Å²) in [5.41, 5.74) is 7.79. The summed E-state index contributed by atoms with van der Waals surface area (Å²) in [7, 11) is 0. The van der Waals surface area contributed by atoms with Crippen LogP contribution in [0.25, 0.3) is 11.5 Å². The number of halogens is 1. The molecule has 0 atom stereocenters. The fourth-order valence-electron chi connectivity index (χ4n) is 1.91. The van der Waals surface area contributed by atoms with Gasteiger partial charge in [-0.05, 0) is 28.3 Å². The molecule has 2 aromatic heterocycles. The minimum absolute atomic E-state index is 0.279. The normalized spacial score (nSPS) is 11.2. The van der Waals surface area contributed by atoms with Gasteiger partial charge < -0.3 is 10.3 Å². The molecule has 0 saturated carbocycles. The maximum absolute atomic E-state index is 5.96. The van der Waals surface area contributed by atoms with Crippen LogP contribution in [-0.2, 0) is 6.54 Å². The van der Waals surface area contributed by atoms with Crippen molar-refractivity contribution in [2.24, 2.45) is 0 Å². The van der Waals surface area contributed by atoms with Crippen molar-refractivity contribution in [3.8, 4) is 11.5 Å². The van der Waals surface area contributed by atoms with Crippen molar-refractivity contribution < 1.29 is 0 Å². The predicted molar refractivity (Wildman–Crippen MR) is 79.7 cm³/mol. The summed E-state index contributed by atoms with van der Waals surface area (Å²) in [6.07, 6.45) is 4.62. The monoisotopic (exact) mass is 323 g/mol. The van der Waals surface area contributed by atoms with Crippen LogP contribution in [0, 0.1) is 0 Å². The first-order valence-electron chi connectivity index (χ1n) is 6.38. The van der Waals surface area contributed by atoms with Crippen molar-refractivity contribution in [2.75, 3.05) is 5.73 Å². The second-order valence-electron chi connectivity index (χ2n) is 4.76. The third-order valence-electron chi connectivity index (χ3n) is 2.86. The van der Waals surface area contributed by atoms with Gasteiger partial charge in [-0.1, -0.05) is 20.8 Å². The second-order valence-corrected chi connectivity index (χ2v) is 5.55. The number of aromatic nitrogens is 4. The number of hydrogen-bond acceptors (Lipinski definition) is 4. The molecule has 2 N–H and O–H groups in total. The van der Waals surface area contributed by atoms with Gasteiger partial charge in [0.15, 0.2) is 5.82 Å². The van der Waals surface area contributed by atoms with E-state index in [0.29, 0.717) is 11.6 Å². The highest BCUT2D eigenvalue weighted by atomic mass is 79.9. The van der Waals surface area contributed by atoms with E-state index in [-0.39, 0.29) is 5.92 Å². The Balaban J connectivity index is 2.53. The van der Waals surface area contributed by atoms with Crippen molar-refractivity contribution >= 4 is 21.7 Å². The first-order chi connectivity index (χ1) is 9.04. The SMILES string of the molecule is CCCn1cncc1-c1nc(N)c(Br)c(C(C)C)n1. The molecule has 0 aliphatic rings. The zero-order chi connectivity index (χ0) is 14.0. The minimum Gasteiger partial charge on any atom is -0.383 e. The maximum atomic E-state index is 5.96. The highest BCUT2D eigenvalue weighted by Gasteiger charge is 2.16. The van der Waals surface area contributed by atoms with E-state index in [1.165, 1.54) is 0 Å². The predicted octanol–water partition coefficient (Wildman–Crippen LogP) is 3.22. The van der Waals surface area contributed by atoms with Crippen molar-refractivity contribution in [2.45, 2.75) is 39.7 Å². The van der Waals surface area contributed by atoms with Crippen LogP contribution in [0.4, 0.5) is 5.82 Å². The Morgan fingerprint density at radius 3 is 2.74 bits per heavy atom. The molecule has 0 bridgehead atoms. The Labute approximate surface area is 121 Å². The second kappa shape index (κ2) is 5.69. The molecule has 0 aromatic carbocycles. The van der Waals surface area contributed by atoms with Crippen LogP contribution in [0.1, 0.15) is 38.8 Å². The molecule has 0 radical (unpaired) electrons. The van der Waals surface area contributed by atoms with E-state index in [1.54, 1.807) is 12.5 Å². The quantitative estimate of drug-likeness (QED) is 0.937. The summed E-state index contributed by atoms with van der Waals surface area (Å²) in [5, 5.41) is 0. The minimum atomic E-state index is 0.279. The highest BCUT2D eigenvalue weighted by molar-refractivity contribution is 9.10. The molecule has 0 aliphatic carbocycles. The molecule has 6 heteroatoms. The average Bonchev–Trinajstić information content (AvgIpc) is 2.81. The Bertz CT molecular complexity index is 576. The summed E-state index contributed by atoms with van der Waals surface area (Å²) >= 11 is 3.46. The fraction of sp³-hybridized carbons (Fsp3) is 0.462. The Morgan fingerprint density at radius 1 is 1.37 bits per heavy atom. The third kappa shape index (κ3) is 2.78. The number of anilines is 1. The van der Waals surface area contributed by atoms with Crippen LogP contribution < -0.4 is 5.73 Å². The molecule has 2 aromatic rings. The number of nitrogen functional groups attached to an aromatic ring is 1. The molecule has 0 fully saturated rings. The molecule has 2 heterocycles. The number of nitrogens with two attached hydrogens (primary N) is 1. The van der Waals surface area contributed by atoms with Gasteiger partial charge in [-0.25, -0.2) is 15.0 Å². The molecule has 0 unspecified atom stereocenters. The Hall–Kier alpha value is -1.43. The molecule has 0 amide bonds. The van der Waals surface area contributed by atoms with E-state index >= 15 is 0 Å². The third-order valence-corrected chi connectivity index (χ3v) is 3.67. The molecule has 102 valence electrons. The molecule has 0 saturated heterocycles. The van der Waals surface area contributed by atoms with E-state index in [0.717, 1.165) is 28.8 Å². The molecular weight excluding hydrogens is 306 g/mol. The van der Waals surface area contributed by atoms with Gasteiger partial charge in [0.1, 0.15) is 11.5 Å². The van der Waals surface area contributed by atoms with E-state index in [1.807, 2.05) is 4.57 Å². The lowest BCUT2D eigenvalue weighted by Crippen LogP contribution is -2.07. The van der Waals surface area contributed by atoms with Gasteiger partial charge >= 0.3 is 0 Å². The smallest absolute Gasteiger partial charge is 0.180 e. The number of hydrogen-bond donors (Lipinski definition) is 1. The molecule has 2 rings (SSSR count). The lowest BCUT2D eigenvalue weighted by atomic mass is 10.1. The van der Waals surface area contributed by atoms with E-state index in [4.69, 9.17) is 5.73 Å². The van der Waals surface area contributed by atoms with Crippen LogP contribution in [0.2, 0.25) is 0 Å². The zero-order valence-corrected chi connectivity index (χ0v) is 13.0. The lowest BCUT2D eigenvalue weighted by molar-refractivity contribution is 0.680. The number of nitrogens with zero attached hydrogens (tertiary/aromatic N) is 4. The molecular formula is C13H18BrN5. The van der Waals surface area contributed by atoms with Gasteiger partial charge in [-0.15, -0.1) is 0 Å². The summed E-state index contributed by atoms with van der Waals surface area (Å²) in [6, 6.07) is 0. The summed E-state index contributed by atoms with van der Waals surface area (Å²) in [4.78, 5) is 13.2. The van der Waals surface area contributed by atoms with Crippen molar-refractivity contribution in [1.82, 2.24) is 19.5 Å². The van der Waals surface area contributed by atoms with Gasteiger partial charge in [0.05, 0.1) is 22.7 Å². The van der Waals surface area contributed by atoms with Crippen LogP contribution in [-0.4, -0.2) is 19.5 Å². The van der Waals surface area contributed by atoms with Gasteiger partial charge in [0.25, 0.3) is 0 Å². The van der Waals surface area contributed by atoms with Crippen LogP contribution in [0.3, 0.4) is 0 Å². The van der Waals surface area contributed by atoms with Crippen molar-refractivity contribution in [3.05, 3.63) is 22.7 Å². The molecule has 19 heavy (non-hydrogen) atoms. The van der Waals surface area contributed by atoms with Crippen molar-refractivity contribution in [1.29, 1.82) is 0 Å². The van der Waals surface area contributed by atoms with Crippen LogP contribution in [0.5, 0.6) is 0 Å². The van der Waals surface area contributed by atoms with Crippen LogP contribution in [0.15, 0.2) is 17.0 Å². The number of aryl methyl sites for hydroxylation is 1. The summed E-state index contributed by atoms with van der Waals surface area (Å²) in [5.74, 6) is 1.38. The first-order valence-corrected chi connectivity index (χ1v) is 7.17.